The van der Waals surface area contributed by atoms with E-state index >= 15 is 0 Å². The highest BCUT2D eigenvalue weighted by atomic mass is 79.9. The number of halogens is 2. The number of hydrogen-bond donors (Lipinski definition) is 0. The topological polar surface area (TPSA) is 26.3 Å². The molecule has 2 aromatic rings. The number of aryl methyl sites for hydroxylation is 1. The molecule has 0 saturated carbocycles. The third-order valence-electron chi connectivity index (χ3n) is 2.84. The zero-order valence-corrected chi connectivity index (χ0v) is 13.7. The molecule has 0 radical (unpaired) electrons. The van der Waals surface area contributed by atoms with Gasteiger partial charge in [0, 0.05) is 14.5 Å². The normalized spacial score (nSPS) is 10.3. The maximum absolute atomic E-state index is 12.6. The molecular weight excluding hydrogens is 372 g/mol. The van der Waals surface area contributed by atoms with Gasteiger partial charge in [0.1, 0.15) is 5.75 Å². The van der Waals surface area contributed by atoms with Crippen molar-refractivity contribution in [3.05, 3.63) is 62.0 Å². The smallest absolute Gasteiger partial charge is 0.197 e. The summed E-state index contributed by atoms with van der Waals surface area (Å²) >= 11 is 6.78. The van der Waals surface area contributed by atoms with E-state index < -0.39 is 0 Å². The van der Waals surface area contributed by atoms with Crippen LogP contribution in [0.3, 0.4) is 0 Å². The molecule has 0 amide bonds. The fourth-order valence-electron chi connectivity index (χ4n) is 1.88. The summed E-state index contributed by atoms with van der Waals surface area (Å²) in [6.45, 7) is 1.92. The number of carbonyl (C=O) groups is 1. The summed E-state index contributed by atoms with van der Waals surface area (Å²) in [7, 11) is 1.56. The van der Waals surface area contributed by atoms with Crippen LogP contribution in [0.1, 0.15) is 21.5 Å². The van der Waals surface area contributed by atoms with Gasteiger partial charge in [0.2, 0.25) is 0 Å². The maximum atomic E-state index is 12.6. The zero-order chi connectivity index (χ0) is 14.0. The molecule has 4 heteroatoms. The first kappa shape index (κ1) is 14.3. The molecule has 19 heavy (non-hydrogen) atoms. The molecule has 0 aromatic heterocycles. The van der Waals surface area contributed by atoms with Crippen LogP contribution < -0.4 is 4.74 Å². The minimum absolute atomic E-state index is 0.0387. The Bertz CT molecular complexity index is 636. The van der Waals surface area contributed by atoms with Gasteiger partial charge in [-0.3, -0.25) is 4.79 Å². The van der Waals surface area contributed by atoms with E-state index in [1.54, 1.807) is 19.2 Å². The van der Waals surface area contributed by atoms with Gasteiger partial charge in [-0.2, -0.15) is 0 Å². The van der Waals surface area contributed by atoms with Crippen molar-refractivity contribution in [1.82, 2.24) is 0 Å². The van der Waals surface area contributed by atoms with E-state index in [0.29, 0.717) is 16.9 Å². The standard InChI is InChI=1S/C15H12Br2O2/c1-9-7-10(16)3-5-12(9)15(18)13-8-11(17)4-6-14(13)19-2/h3-8H,1-2H3. The number of methoxy groups -OCH3 is 1. The largest absolute Gasteiger partial charge is 0.496 e. The lowest BCUT2D eigenvalue weighted by molar-refractivity contribution is 0.103. The number of benzene rings is 2. The van der Waals surface area contributed by atoms with Gasteiger partial charge in [0.25, 0.3) is 0 Å². The van der Waals surface area contributed by atoms with Crippen LogP contribution in [0.4, 0.5) is 0 Å². The first-order chi connectivity index (χ1) is 9.02. The number of ether oxygens (including phenoxy) is 1. The molecule has 0 spiro atoms. The number of carbonyl (C=O) groups excluding carboxylic acids is 1. The molecule has 2 rings (SSSR count). The van der Waals surface area contributed by atoms with Gasteiger partial charge in [0.15, 0.2) is 5.78 Å². The molecule has 0 fully saturated rings. The first-order valence-corrected chi connectivity index (χ1v) is 7.26. The number of ketones is 1. The molecule has 0 bridgehead atoms. The van der Waals surface area contributed by atoms with Gasteiger partial charge in [-0.1, -0.05) is 31.9 Å². The quantitative estimate of drug-likeness (QED) is 0.714. The summed E-state index contributed by atoms with van der Waals surface area (Å²) in [6.07, 6.45) is 0. The SMILES string of the molecule is COc1ccc(Br)cc1C(=O)c1ccc(Br)cc1C. The van der Waals surface area contributed by atoms with Gasteiger partial charge >= 0.3 is 0 Å². The fourth-order valence-corrected chi connectivity index (χ4v) is 2.72. The Kier molecular flexibility index (Phi) is 4.42. The average molecular weight is 384 g/mol. The fraction of sp³-hybridized carbons (Fsp3) is 0.133. The maximum Gasteiger partial charge on any atom is 0.197 e. The highest BCUT2D eigenvalue weighted by molar-refractivity contribution is 9.10. The summed E-state index contributed by atoms with van der Waals surface area (Å²) in [5.74, 6) is 0.540. The molecule has 0 aliphatic heterocycles. The van der Waals surface area contributed by atoms with E-state index in [-0.39, 0.29) is 5.78 Å². The first-order valence-electron chi connectivity index (χ1n) is 5.67. The molecule has 0 atom stereocenters. The van der Waals surface area contributed by atoms with Gasteiger partial charge in [-0.05, 0) is 48.9 Å². The van der Waals surface area contributed by atoms with Crippen molar-refractivity contribution in [2.24, 2.45) is 0 Å². The van der Waals surface area contributed by atoms with Gasteiger partial charge in [-0.15, -0.1) is 0 Å². The monoisotopic (exact) mass is 382 g/mol. The Morgan fingerprint density at radius 1 is 1.00 bits per heavy atom. The van der Waals surface area contributed by atoms with Crippen LogP contribution in [-0.4, -0.2) is 12.9 Å². The lowest BCUT2D eigenvalue weighted by atomic mass is 9.98. The van der Waals surface area contributed by atoms with E-state index in [2.05, 4.69) is 31.9 Å². The Morgan fingerprint density at radius 3 is 2.26 bits per heavy atom. The minimum atomic E-state index is -0.0387. The third kappa shape index (κ3) is 3.07. The van der Waals surface area contributed by atoms with Crippen molar-refractivity contribution in [2.45, 2.75) is 6.92 Å². The summed E-state index contributed by atoms with van der Waals surface area (Å²) < 4.78 is 7.07. The minimum Gasteiger partial charge on any atom is -0.496 e. The van der Waals surface area contributed by atoms with Crippen molar-refractivity contribution in [2.75, 3.05) is 7.11 Å². The highest BCUT2D eigenvalue weighted by Crippen LogP contribution is 2.27. The van der Waals surface area contributed by atoms with Gasteiger partial charge < -0.3 is 4.74 Å². The summed E-state index contributed by atoms with van der Waals surface area (Å²) in [5.41, 5.74) is 2.17. The Balaban J connectivity index is 2.52. The van der Waals surface area contributed by atoms with Crippen molar-refractivity contribution >= 4 is 37.6 Å². The molecule has 0 aliphatic rings. The van der Waals surface area contributed by atoms with Crippen LogP contribution in [0.5, 0.6) is 5.75 Å². The predicted molar refractivity (Wildman–Crippen MR) is 83.0 cm³/mol. The predicted octanol–water partition coefficient (Wildman–Crippen LogP) is 4.76. The van der Waals surface area contributed by atoms with Crippen molar-refractivity contribution < 1.29 is 9.53 Å². The van der Waals surface area contributed by atoms with E-state index in [4.69, 9.17) is 4.74 Å². The van der Waals surface area contributed by atoms with E-state index in [1.807, 2.05) is 31.2 Å². The number of hydrogen-bond acceptors (Lipinski definition) is 2. The van der Waals surface area contributed by atoms with E-state index in [9.17, 15) is 4.79 Å². The average Bonchev–Trinajstić information content (AvgIpc) is 2.38. The molecule has 0 unspecified atom stereocenters. The highest BCUT2D eigenvalue weighted by Gasteiger charge is 2.16. The van der Waals surface area contributed by atoms with Crippen LogP contribution in [0.2, 0.25) is 0 Å². The molecule has 2 aromatic carbocycles. The van der Waals surface area contributed by atoms with Gasteiger partial charge in [0.05, 0.1) is 12.7 Å². The second-order valence-electron chi connectivity index (χ2n) is 4.13. The molecule has 0 saturated heterocycles. The van der Waals surface area contributed by atoms with Crippen molar-refractivity contribution in [1.29, 1.82) is 0 Å². The molecule has 0 aliphatic carbocycles. The second-order valence-corrected chi connectivity index (χ2v) is 5.96. The summed E-state index contributed by atoms with van der Waals surface area (Å²) in [6, 6.07) is 11.0. The summed E-state index contributed by atoms with van der Waals surface area (Å²) in [5, 5.41) is 0. The zero-order valence-electron chi connectivity index (χ0n) is 10.5. The Labute approximate surface area is 129 Å². The van der Waals surface area contributed by atoms with Crippen LogP contribution in [0, 0.1) is 6.92 Å². The van der Waals surface area contributed by atoms with Crippen molar-refractivity contribution in [3.63, 3.8) is 0 Å². The summed E-state index contributed by atoms with van der Waals surface area (Å²) in [4.78, 5) is 12.6. The van der Waals surface area contributed by atoms with Crippen LogP contribution in [0.15, 0.2) is 45.3 Å². The second kappa shape index (κ2) is 5.88. The van der Waals surface area contributed by atoms with Crippen LogP contribution in [0.25, 0.3) is 0 Å². The molecule has 98 valence electrons. The number of rotatable bonds is 3. The third-order valence-corrected chi connectivity index (χ3v) is 3.83. The van der Waals surface area contributed by atoms with E-state index in [1.165, 1.54) is 0 Å². The Morgan fingerprint density at radius 2 is 1.63 bits per heavy atom. The van der Waals surface area contributed by atoms with Gasteiger partial charge in [-0.25, -0.2) is 0 Å². The van der Waals surface area contributed by atoms with Crippen LogP contribution >= 0.6 is 31.9 Å². The van der Waals surface area contributed by atoms with Crippen molar-refractivity contribution in [3.8, 4) is 5.75 Å². The molecule has 0 heterocycles. The van der Waals surface area contributed by atoms with Crippen LogP contribution in [-0.2, 0) is 0 Å². The Hall–Kier alpha value is -1.13. The lowest BCUT2D eigenvalue weighted by Crippen LogP contribution is -2.06. The lowest BCUT2D eigenvalue weighted by Gasteiger charge is -2.10. The molecule has 0 N–H and O–H groups in total. The van der Waals surface area contributed by atoms with E-state index in [0.717, 1.165) is 14.5 Å². The molecule has 2 nitrogen and oxygen atoms in total. The molecular formula is C15H12Br2O2.